The van der Waals surface area contributed by atoms with E-state index in [1.165, 1.54) is 13.0 Å². The summed E-state index contributed by atoms with van der Waals surface area (Å²) in [5.74, 6) is -0.203. The third-order valence-corrected chi connectivity index (χ3v) is 3.81. The molecule has 0 saturated carbocycles. The van der Waals surface area contributed by atoms with Crippen molar-refractivity contribution in [2.24, 2.45) is 5.92 Å². The second kappa shape index (κ2) is 8.73. The molecule has 0 aliphatic carbocycles. The number of hydrogen-bond donors (Lipinski definition) is 1. The van der Waals surface area contributed by atoms with E-state index < -0.39 is 6.10 Å². The lowest BCUT2D eigenvalue weighted by Crippen LogP contribution is -2.50. The molecule has 1 aliphatic heterocycles. The van der Waals surface area contributed by atoms with Crippen LogP contribution in [0.25, 0.3) is 0 Å². The van der Waals surface area contributed by atoms with Crippen LogP contribution in [0.15, 0.2) is 24.8 Å². The smallest absolute Gasteiger partial charge is 0.303 e. The minimum Gasteiger partial charge on any atom is -0.459 e. The molecule has 0 bridgehead atoms. The fourth-order valence-corrected chi connectivity index (χ4v) is 2.63. The Kier molecular flexibility index (Phi) is 7.32. The summed E-state index contributed by atoms with van der Waals surface area (Å²) < 4.78 is 10.9. The van der Waals surface area contributed by atoms with E-state index in [2.05, 4.69) is 18.8 Å². The largest absolute Gasteiger partial charge is 0.459 e. The van der Waals surface area contributed by atoms with E-state index in [-0.39, 0.29) is 30.1 Å². The van der Waals surface area contributed by atoms with Gasteiger partial charge in [-0.1, -0.05) is 13.0 Å². The van der Waals surface area contributed by atoms with Gasteiger partial charge in [-0.25, -0.2) is 0 Å². The highest BCUT2D eigenvalue weighted by molar-refractivity contribution is 5.87. The second-order valence-corrected chi connectivity index (χ2v) is 5.91. The van der Waals surface area contributed by atoms with Crippen LogP contribution in [0.5, 0.6) is 0 Å². The first-order chi connectivity index (χ1) is 10.3. The molecule has 1 saturated heterocycles. The SMILES string of the molecule is C=CCC1OC(C)C(NC(=O)/C=C/[C@H](C)OC(C)=O)CC1C. The summed E-state index contributed by atoms with van der Waals surface area (Å²) in [6.45, 7) is 10.9. The fourth-order valence-electron chi connectivity index (χ4n) is 2.63. The molecule has 1 aliphatic rings. The Balaban J connectivity index is 2.49. The molecule has 1 rings (SSSR count). The van der Waals surface area contributed by atoms with Gasteiger partial charge in [0, 0.05) is 13.0 Å². The lowest BCUT2D eigenvalue weighted by molar-refractivity contribution is -0.143. The van der Waals surface area contributed by atoms with Crippen molar-refractivity contribution in [1.29, 1.82) is 0 Å². The number of carbonyl (C=O) groups is 2. The van der Waals surface area contributed by atoms with Crippen molar-refractivity contribution in [1.82, 2.24) is 5.32 Å². The Labute approximate surface area is 132 Å². The lowest BCUT2D eigenvalue weighted by atomic mass is 9.88. The van der Waals surface area contributed by atoms with Gasteiger partial charge in [0.2, 0.25) is 5.91 Å². The number of rotatable bonds is 6. The molecule has 5 heteroatoms. The number of hydrogen-bond acceptors (Lipinski definition) is 4. The van der Waals surface area contributed by atoms with Crippen LogP contribution in [-0.4, -0.2) is 36.2 Å². The molecular formula is C17H27NO4. The zero-order valence-electron chi connectivity index (χ0n) is 13.9. The number of nitrogens with one attached hydrogen (secondary N) is 1. The van der Waals surface area contributed by atoms with Gasteiger partial charge in [0.25, 0.3) is 0 Å². The van der Waals surface area contributed by atoms with Crippen LogP contribution in [0.1, 0.15) is 40.5 Å². The van der Waals surface area contributed by atoms with Crippen LogP contribution in [0.3, 0.4) is 0 Å². The minimum atomic E-state index is -0.417. The van der Waals surface area contributed by atoms with Crippen molar-refractivity contribution in [3.8, 4) is 0 Å². The van der Waals surface area contributed by atoms with E-state index in [1.807, 2.05) is 13.0 Å². The summed E-state index contributed by atoms with van der Waals surface area (Å²) in [5, 5.41) is 2.95. The first-order valence-electron chi connectivity index (χ1n) is 7.75. The highest BCUT2D eigenvalue weighted by Crippen LogP contribution is 2.27. The molecule has 1 heterocycles. The molecule has 0 aromatic rings. The van der Waals surface area contributed by atoms with Crippen molar-refractivity contribution < 1.29 is 19.1 Å². The quantitative estimate of drug-likeness (QED) is 0.465. The first kappa shape index (κ1) is 18.4. The molecule has 0 aromatic heterocycles. The number of amides is 1. The summed E-state index contributed by atoms with van der Waals surface area (Å²) in [6, 6.07) is -0.0164. The van der Waals surface area contributed by atoms with Crippen LogP contribution >= 0.6 is 0 Å². The summed E-state index contributed by atoms with van der Waals surface area (Å²) in [7, 11) is 0. The van der Waals surface area contributed by atoms with Gasteiger partial charge in [0.1, 0.15) is 6.10 Å². The first-order valence-corrected chi connectivity index (χ1v) is 7.75. The van der Waals surface area contributed by atoms with Crippen LogP contribution < -0.4 is 5.32 Å². The molecule has 0 spiro atoms. The predicted octanol–water partition coefficient (Wildman–Crippen LogP) is 2.37. The normalized spacial score (nSPS) is 29.8. The third kappa shape index (κ3) is 6.02. The van der Waals surface area contributed by atoms with Crippen molar-refractivity contribution in [2.75, 3.05) is 0 Å². The van der Waals surface area contributed by atoms with Crippen LogP contribution in [0.2, 0.25) is 0 Å². The van der Waals surface area contributed by atoms with E-state index in [1.54, 1.807) is 13.0 Å². The van der Waals surface area contributed by atoms with E-state index in [4.69, 9.17) is 9.47 Å². The van der Waals surface area contributed by atoms with Gasteiger partial charge >= 0.3 is 5.97 Å². The minimum absolute atomic E-state index is 0.0164. The Morgan fingerprint density at radius 2 is 2.14 bits per heavy atom. The third-order valence-electron chi connectivity index (χ3n) is 3.81. The molecule has 1 fully saturated rings. The van der Waals surface area contributed by atoms with Crippen molar-refractivity contribution in [2.45, 2.75) is 64.9 Å². The van der Waals surface area contributed by atoms with Gasteiger partial charge in [0.05, 0.1) is 18.2 Å². The molecule has 1 N–H and O–H groups in total. The molecule has 1 amide bonds. The van der Waals surface area contributed by atoms with Gasteiger partial charge < -0.3 is 14.8 Å². The van der Waals surface area contributed by atoms with Crippen molar-refractivity contribution in [3.05, 3.63) is 24.8 Å². The molecule has 0 aromatic carbocycles. The Hall–Kier alpha value is -1.62. The average molecular weight is 309 g/mol. The Morgan fingerprint density at radius 1 is 1.45 bits per heavy atom. The second-order valence-electron chi connectivity index (χ2n) is 5.91. The number of carbonyl (C=O) groups excluding carboxylic acids is 2. The predicted molar refractivity (Wildman–Crippen MR) is 85.2 cm³/mol. The fraction of sp³-hybridized carbons (Fsp3) is 0.647. The average Bonchev–Trinajstić information content (AvgIpc) is 2.41. The zero-order valence-corrected chi connectivity index (χ0v) is 13.9. The molecule has 124 valence electrons. The van der Waals surface area contributed by atoms with Crippen LogP contribution in [0.4, 0.5) is 0 Å². The van der Waals surface area contributed by atoms with Gasteiger partial charge in [0.15, 0.2) is 0 Å². The van der Waals surface area contributed by atoms with Gasteiger partial charge in [-0.2, -0.15) is 0 Å². The van der Waals surface area contributed by atoms with Gasteiger partial charge in [-0.15, -0.1) is 6.58 Å². The Morgan fingerprint density at radius 3 is 2.73 bits per heavy atom. The lowest BCUT2D eigenvalue weighted by Gasteiger charge is -2.39. The van der Waals surface area contributed by atoms with E-state index in [0.717, 1.165) is 12.8 Å². The molecular weight excluding hydrogens is 282 g/mol. The maximum atomic E-state index is 12.0. The Bertz CT molecular complexity index is 432. The van der Waals surface area contributed by atoms with E-state index in [0.29, 0.717) is 5.92 Å². The molecule has 22 heavy (non-hydrogen) atoms. The summed E-state index contributed by atoms with van der Waals surface area (Å²) in [5.41, 5.74) is 0. The molecule has 0 radical (unpaired) electrons. The van der Waals surface area contributed by atoms with Gasteiger partial charge in [-0.3, -0.25) is 9.59 Å². The van der Waals surface area contributed by atoms with E-state index >= 15 is 0 Å². The summed E-state index contributed by atoms with van der Waals surface area (Å²) in [4.78, 5) is 22.7. The molecule has 4 unspecified atom stereocenters. The standard InChI is InChI=1S/C17H27NO4/c1-6-7-16-11(2)10-15(13(4)22-16)18-17(20)9-8-12(3)21-14(5)19/h6,8-9,11-13,15-16H,1,7,10H2,2-5H3,(H,18,20)/b9-8+/t11?,12-,13?,15?,16?/m0/s1. The number of ether oxygens (including phenoxy) is 2. The monoisotopic (exact) mass is 309 g/mol. The molecule has 5 atom stereocenters. The van der Waals surface area contributed by atoms with E-state index in [9.17, 15) is 9.59 Å². The number of esters is 1. The maximum absolute atomic E-state index is 12.0. The van der Waals surface area contributed by atoms with Crippen molar-refractivity contribution in [3.63, 3.8) is 0 Å². The maximum Gasteiger partial charge on any atom is 0.303 e. The topological polar surface area (TPSA) is 64.6 Å². The highest BCUT2D eigenvalue weighted by Gasteiger charge is 2.33. The summed E-state index contributed by atoms with van der Waals surface area (Å²) >= 11 is 0. The summed E-state index contributed by atoms with van der Waals surface area (Å²) in [6.07, 6.45) is 6.25. The van der Waals surface area contributed by atoms with Crippen LogP contribution in [-0.2, 0) is 19.1 Å². The van der Waals surface area contributed by atoms with Gasteiger partial charge in [-0.05, 0) is 38.7 Å². The van der Waals surface area contributed by atoms with Crippen LogP contribution in [0, 0.1) is 5.92 Å². The van der Waals surface area contributed by atoms with Crippen molar-refractivity contribution >= 4 is 11.9 Å². The molecule has 5 nitrogen and oxygen atoms in total. The zero-order chi connectivity index (χ0) is 16.7. The highest BCUT2D eigenvalue weighted by atomic mass is 16.5.